The van der Waals surface area contributed by atoms with Gasteiger partial charge in [-0.15, -0.1) is 0 Å². The van der Waals surface area contributed by atoms with Gasteiger partial charge in [-0.3, -0.25) is 14.2 Å². The summed E-state index contributed by atoms with van der Waals surface area (Å²) in [6, 6.07) is 0. The lowest BCUT2D eigenvalue weighted by Gasteiger charge is -2.28. The van der Waals surface area contributed by atoms with Crippen LogP contribution in [0.5, 0.6) is 0 Å². The van der Waals surface area contributed by atoms with Gasteiger partial charge in [0.15, 0.2) is 6.10 Å². The van der Waals surface area contributed by atoms with Gasteiger partial charge in [0.2, 0.25) is 0 Å². The summed E-state index contributed by atoms with van der Waals surface area (Å²) in [5.41, 5.74) is 0. The first-order chi connectivity index (χ1) is 34.5. The summed E-state index contributed by atoms with van der Waals surface area (Å²) < 4.78 is 34.1. The number of hydrogen-bond acceptors (Lipinski definition) is 8. The molecule has 2 unspecified atom stereocenters. The molecule has 0 aromatic heterocycles. The van der Waals surface area contributed by atoms with Crippen LogP contribution in [0.3, 0.4) is 0 Å². The molecular weight excluding hydrogens is 906 g/mol. The van der Waals surface area contributed by atoms with Crippen molar-refractivity contribution in [2.75, 3.05) is 47.5 Å². The van der Waals surface area contributed by atoms with Gasteiger partial charge >= 0.3 is 11.9 Å². The van der Waals surface area contributed by atoms with Crippen LogP contribution in [0.25, 0.3) is 0 Å². The van der Waals surface area contributed by atoms with Gasteiger partial charge in [0.05, 0.1) is 27.7 Å². The van der Waals surface area contributed by atoms with E-state index in [1.807, 2.05) is 21.1 Å². The number of ether oxygens (including phenoxy) is 2. The fraction of sp³-hybridized carbons (Fsp3) is 0.738. The van der Waals surface area contributed by atoms with Crippen molar-refractivity contribution in [3.63, 3.8) is 0 Å². The van der Waals surface area contributed by atoms with E-state index in [0.29, 0.717) is 17.4 Å². The molecule has 10 heteroatoms. The Balaban J connectivity index is 4.11. The van der Waals surface area contributed by atoms with E-state index in [4.69, 9.17) is 18.5 Å². The van der Waals surface area contributed by atoms with E-state index in [-0.39, 0.29) is 32.0 Å². The molecule has 0 rings (SSSR count). The average Bonchev–Trinajstić information content (AvgIpc) is 3.33. The zero-order valence-electron chi connectivity index (χ0n) is 46.4. The number of carbonyl (C=O) groups is 2. The van der Waals surface area contributed by atoms with E-state index in [0.717, 1.165) is 89.9 Å². The second kappa shape index (κ2) is 52.1. The van der Waals surface area contributed by atoms with E-state index in [2.05, 4.69) is 98.9 Å². The lowest BCUT2D eigenvalue weighted by Crippen LogP contribution is -2.37. The zero-order chi connectivity index (χ0) is 52.0. The first-order valence-corrected chi connectivity index (χ1v) is 30.3. The largest absolute Gasteiger partial charge is 0.756 e. The molecule has 410 valence electrons. The molecule has 0 aliphatic heterocycles. The molecule has 0 radical (unpaired) electrons. The maximum atomic E-state index is 12.8. The van der Waals surface area contributed by atoms with Crippen LogP contribution in [-0.2, 0) is 32.7 Å². The van der Waals surface area contributed by atoms with Crippen molar-refractivity contribution in [2.24, 2.45) is 0 Å². The number of unbranched alkanes of at least 4 members (excludes halogenated alkanes) is 24. The summed E-state index contributed by atoms with van der Waals surface area (Å²) in [6.07, 6.45) is 69.1. The Labute approximate surface area is 437 Å². The molecule has 0 spiro atoms. The molecule has 0 aliphatic rings. The lowest BCUT2D eigenvalue weighted by atomic mass is 10.0. The summed E-state index contributed by atoms with van der Waals surface area (Å²) in [4.78, 5) is 37.8. The van der Waals surface area contributed by atoms with Crippen LogP contribution in [0.15, 0.2) is 85.1 Å². The monoisotopic (exact) mass is 1010 g/mol. The van der Waals surface area contributed by atoms with Crippen LogP contribution in [0.4, 0.5) is 0 Å². The molecule has 0 saturated heterocycles. The summed E-state index contributed by atoms with van der Waals surface area (Å²) in [6.45, 7) is 4.13. The van der Waals surface area contributed by atoms with Crippen molar-refractivity contribution in [3.8, 4) is 0 Å². The third-order valence-corrected chi connectivity index (χ3v) is 13.1. The van der Waals surface area contributed by atoms with Crippen LogP contribution < -0.4 is 4.89 Å². The van der Waals surface area contributed by atoms with Gasteiger partial charge in [-0.25, -0.2) is 0 Å². The van der Waals surface area contributed by atoms with E-state index >= 15 is 0 Å². The summed E-state index contributed by atoms with van der Waals surface area (Å²) >= 11 is 0. The number of allylic oxidation sites excluding steroid dienone is 14. The van der Waals surface area contributed by atoms with Gasteiger partial charge < -0.3 is 27.9 Å². The number of hydrogen-bond donors (Lipinski definition) is 0. The molecular formula is C61H108NO8P. The predicted octanol–water partition coefficient (Wildman–Crippen LogP) is 17.2. The van der Waals surface area contributed by atoms with Gasteiger partial charge in [-0.2, -0.15) is 0 Å². The van der Waals surface area contributed by atoms with Gasteiger partial charge in [-0.1, -0.05) is 240 Å². The van der Waals surface area contributed by atoms with Crippen molar-refractivity contribution in [1.29, 1.82) is 0 Å². The Morgan fingerprint density at radius 1 is 0.451 bits per heavy atom. The second-order valence-corrected chi connectivity index (χ2v) is 21.7. The molecule has 0 aromatic carbocycles. The minimum atomic E-state index is -4.64. The van der Waals surface area contributed by atoms with Gasteiger partial charge in [0, 0.05) is 12.8 Å². The number of carbonyl (C=O) groups excluding carboxylic acids is 2. The highest BCUT2D eigenvalue weighted by molar-refractivity contribution is 7.45. The molecule has 0 heterocycles. The average molecular weight is 1010 g/mol. The number of rotatable bonds is 52. The van der Waals surface area contributed by atoms with E-state index in [9.17, 15) is 19.0 Å². The van der Waals surface area contributed by atoms with Crippen LogP contribution in [0.1, 0.15) is 239 Å². The quantitative estimate of drug-likeness (QED) is 0.0195. The number of phosphoric ester groups is 1. The van der Waals surface area contributed by atoms with Crippen LogP contribution >= 0.6 is 7.82 Å². The van der Waals surface area contributed by atoms with Crippen molar-refractivity contribution < 1.29 is 42.1 Å². The third-order valence-electron chi connectivity index (χ3n) is 12.2. The van der Waals surface area contributed by atoms with Crippen molar-refractivity contribution in [3.05, 3.63) is 85.1 Å². The van der Waals surface area contributed by atoms with Gasteiger partial charge in [0.1, 0.15) is 19.8 Å². The molecule has 2 atom stereocenters. The molecule has 0 saturated carbocycles. The Morgan fingerprint density at radius 3 is 1.20 bits per heavy atom. The number of phosphoric acid groups is 1. The Hall–Kier alpha value is -2.81. The summed E-state index contributed by atoms with van der Waals surface area (Å²) in [7, 11) is 1.16. The molecule has 9 nitrogen and oxygen atoms in total. The van der Waals surface area contributed by atoms with Crippen LogP contribution in [-0.4, -0.2) is 70.0 Å². The Bertz CT molecular complexity index is 1470. The number of nitrogens with zero attached hydrogens (tertiary/aromatic N) is 1. The van der Waals surface area contributed by atoms with E-state index < -0.39 is 26.5 Å². The summed E-state index contributed by atoms with van der Waals surface area (Å²) in [5, 5.41) is 0. The molecule has 71 heavy (non-hydrogen) atoms. The zero-order valence-corrected chi connectivity index (χ0v) is 47.3. The minimum Gasteiger partial charge on any atom is -0.756 e. The Kier molecular flexibility index (Phi) is 50.0. The maximum Gasteiger partial charge on any atom is 0.306 e. The first kappa shape index (κ1) is 68.2. The number of quaternary nitrogens is 1. The molecule has 0 fully saturated rings. The highest BCUT2D eigenvalue weighted by atomic mass is 31.2. The predicted molar refractivity (Wildman–Crippen MR) is 300 cm³/mol. The fourth-order valence-electron chi connectivity index (χ4n) is 7.75. The molecule has 0 amide bonds. The molecule has 0 N–H and O–H groups in total. The van der Waals surface area contributed by atoms with Crippen molar-refractivity contribution in [1.82, 2.24) is 0 Å². The van der Waals surface area contributed by atoms with Crippen molar-refractivity contribution in [2.45, 2.75) is 245 Å². The number of likely N-dealkylation sites (N-methyl/N-ethyl adjacent to an activating group) is 1. The third kappa shape index (κ3) is 56.3. The van der Waals surface area contributed by atoms with Crippen LogP contribution in [0.2, 0.25) is 0 Å². The van der Waals surface area contributed by atoms with E-state index in [1.165, 1.54) is 116 Å². The van der Waals surface area contributed by atoms with E-state index in [1.54, 1.807) is 0 Å². The Morgan fingerprint density at radius 2 is 0.803 bits per heavy atom. The highest BCUT2D eigenvalue weighted by Gasteiger charge is 2.21. The second-order valence-electron chi connectivity index (χ2n) is 20.3. The highest BCUT2D eigenvalue weighted by Crippen LogP contribution is 2.38. The van der Waals surface area contributed by atoms with Crippen molar-refractivity contribution >= 4 is 19.8 Å². The normalized spacial score (nSPS) is 13.9. The summed E-state index contributed by atoms with van der Waals surface area (Å²) in [5.74, 6) is -0.834. The first-order valence-electron chi connectivity index (χ1n) is 28.8. The molecule has 0 bridgehead atoms. The topological polar surface area (TPSA) is 111 Å². The van der Waals surface area contributed by atoms with Gasteiger partial charge in [0.25, 0.3) is 7.82 Å². The van der Waals surface area contributed by atoms with Crippen LogP contribution in [0, 0.1) is 0 Å². The lowest BCUT2D eigenvalue weighted by molar-refractivity contribution is -0.870. The SMILES string of the molecule is CC/C=C\C/C=C\C/C=C\C/C=C\C/C=C\C/C=C\C/C=C\CCCCCCCCCCCCCC(=O)OC(COC(=O)CCCCCCCCCCCCCCCC)COP(=O)([O-])OCC[N+](C)(C)C. The molecule has 0 aliphatic carbocycles. The minimum absolute atomic E-state index is 0.0331. The molecule has 0 aromatic rings. The standard InChI is InChI=1S/C61H108NO8P/c1-6-8-10-12-14-16-18-20-22-23-24-25-26-27-28-29-30-31-32-33-34-35-36-37-38-39-40-42-44-46-48-50-52-54-61(64)70-59(58-69-71(65,66)68-56-55-62(3,4)5)57-67-60(63)53-51-49-47-45-43-41-21-19-17-15-13-11-9-7-2/h8,10,14,16,20,22,24-25,27-28,30-31,33-34,59H,6-7,9,11-13,15,17-19,21,23,26,29,32,35-58H2,1-5H3/b10-8-,16-14-,22-20-,25-24-,28-27-,31-30-,34-33-. The fourth-order valence-corrected chi connectivity index (χ4v) is 8.48. The maximum absolute atomic E-state index is 12.8. The number of esters is 2. The van der Waals surface area contributed by atoms with Gasteiger partial charge in [-0.05, 0) is 70.6 Å². The smallest absolute Gasteiger partial charge is 0.306 e.